The minimum atomic E-state index is -4.47. The number of rotatable bonds is 2. The zero-order chi connectivity index (χ0) is 15.8. The van der Waals surface area contributed by atoms with Crippen molar-refractivity contribution < 1.29 is 18.0 Å². The summed E-state index contributed by atoms with van der Waals surface area (Å²) in [5, 5.41) is 8.93. The smallest absolute Gasteiger partial charge is 0.332 e. The number of carbonyl (C=O) groups excluding carboxylic acids is 1. The van der Waals surface area contributed by atoms with Crippen LogP contribution in [-0.2, 0) is 4.79 Å². The third kappa shape index (κ3) is 2.91. The third-order valence-corrected chi connectivity index (χ3v) is 3.41. The van der Waals surface area contributed by atoms with Crippen molar-refractivity contribution >= 4 is 5.91 Å². The number of likely N-dealkylation sites (tertiary alicyclic amines) is 1. The van der Waals surface area contributed by atoms with Gasteiger partial charge < -0.3 is 9.47 Å². The molecule has 0 aromatic carbocycles. The van der Waals surface area contributed by atoms with Crippen LogP contribution in [0.4, 0.5) is 13.2 Å². The minimum Gasteiger partial charge on any atom is -0.332 e. The van der Waals surface area contributed by atoms with Gasteiger partial charge in [0.25, 0.3) is 5.56 Å². The Hall–Kier alpha value is -2.30. The van der Waals surface area contributed by atoms with E-state index in [9.17, 15) is 22.8 Å². The zero-order valence-electron chi connectivity index (χ0n) is 11.1. The average Bonchev–Trinajstić information content (AvgIpc) is 2.70. The molecule has 1 fully saturated rings. The number of nitriles is 1. The number of aryl methyl sites for hydroxylation is 1. The van der Waals surface area contributed by atoms with Crippen LogP contribution in [0.1, 0.15) is 23.6 Å². The highest BCUT2D eigenvalue weighted by Gasteiger charge is 2.40. The van der Waals surface area contributed by atoms with Gasteiger partial charge in [0.2, 0.25) is 5.91 Å². The first-order valence-electron chi connectivity index (χ1n) is 6.22. The number of aromatic nitrogens is 1. The standard InChI is InChI=1S/C13H12F3N3O2/c1-8-2-5-19(11(20)9(8)6-17)10-3-4-18(12(10)21)7-13(14,15)16/h2,5,10H,3-4,7H2,1H3/t10-/m1/s1. The molecule has 0 aliphatic carbocycles. The molecule has 0 bridgehead atoms. The van der Waals surface area contributed by atoms with Crippen LogP contribution in [0.15, 0.2) is 17.1 Å². The molecule has 1 aromatic rings. The van der Waals surface area contributed by atoms with Gasteiger partial charge in [0.1, 0.15) is 24.2 Å². The maximum Gasteiger partial charge on any atom is 0.406 e. The molecule has 0 unspecified atom stereocenters. The zero-order valence-corrected chi connectivity index (χ0v) is 11.1. The first-order valence-corrected chi connectivity index (χ1v) is 6.22. The first-order chi connectivity index (χ1) is 9.74. The van der Waals surface area contributed by atoms with Crippen molar-refractivity contribution in [2.45, 2.75) is 25.6 Å². The summed E-state index contributed by atoms with van der Waals surface area (Å²) in [5.41, 5.74) is -0.277. The van der Waals surface area contributed by atoms with Crippen LogP contribution in [0, 0.1) is 18.3 Å². The Morgan fingerprint density at radius 2 is 2.10 bits per heavy atom. The van der Waals surface area contributed by atoms with Crippen molar-refractivity contribution in [3.05, 3.63) is 33.7 Å². The molecule has 5 nitrogen and oxygen atoms in total. The van der Waals surface area contributed by atoms with Crippen LogP contribution >= 0.6 is 0 Å². The SMILES string of the molecule is Cc1ccn([C@@H]2CCN(CC(F)(F)F)C2=O)c(=O)c1C#N. The van der Waals surface area contributed by atoms with E-state index >= 15 is 0 Å². The second-order valence-corrected chi connectivity index (χ2v) is 4.88. The van der Waals surface area contributed by atoms with Gasteiger partial charge in [-0.1, -0.05) is 0 Å². The lowest BCUT2D eigenvalue weighted by Gasteiger charge is -2.19. The summed E-state index contributed by atoms with van der Waals surface area (Å²) in [7, 11) is 0. The molecular formula is C13H12F3N3O2. The van der Waals surface area contributed by atoms with Crippen molar-refractivity contribution in [3.63, 3.8) is 0 Å². The molecule has 1 amide bonds. The normalized spacial score (nSPS) is 18.9. The van der Waals surface area contributed by atoms with E-state index in [2.05, 4.69) is 0 Å². The molecule has 2 rings (SSSR count). The highest BCUT2D eigenvalue weighted by molar-refractivity contribution is 5.82. The molecule has 1 aliphatic heterocycles. The number of halogens is 3. The van der Waals surface area contributed by atoms with Gasteiger partial charge in [-0.15, -0.1) is 0 Å². The van der Waals surface area contributed by atoms with Crippen molar-refractivity contribution in [2.24, 2.45) is 0 Å². The number of amides is 1. The van der Waals surface area contributed by atoms with Gasteiger partial charge in [-0.3, -0.25) is 9.59 Å². The highest BCUT2D eigenvalue weighted by Crippen LogP contribution is 2.26. The molecule has 0 radical (unpaired) electrons. The first kappa shape index (κ1) is 15.1. The Labute approximate surface area is 118 Å². The lowest BCUT2D eigenvalue weighted by Crippen LogP contribution is -2.38. The van der Waals surface area contributed by atoms with Crippen LogP contribution in [0.2, 0.25) is 0 Å². The van der Waals surface area contributed by atoms with Gasteiger partial charge >= 0.3 is 6.18 Å². The third-order valence-electron chi connectivity index (χ3n) is 3.41. The maximum atomic E-state index is 12.4. The Kier molecular flexibility index (Phi) is 3.77. The minimum absolute atomic E-state index is 0.0643. The summed E-state index contributed by atoms with van der Waals surface area (Å²) >= 11 is 0. The van der Waals surface area contributed by atoms with Crippen molar-refractivity contribution in [3.8, 4) is 6.07 Å². The quantitative estimate of drug-likeness (QED) is 0.828. The molecular weight excluding hydrogens is 287 g/mol. The molecule has 8 heteroatoms. The fourth-order valence-electron chi connectivity index (χ4n) is 2.38. The number of hydrogen-bond acceptors (Lipinski definition) is 3. The van der Waals surface area contributed by atoms with Crippen LogP contribution < -0.4 is 5.56 Å². The summed E-state index contributed by atoms with van der Waals surface area (Å²) < 4.78 is 38.1. The van der Waals surface area contributed by atoms with E-state index in [0.717, 1.165) is 4.57 Å². The molecule has 21 heavy (non-hydrogen) atoms. The summed E-state index contributed by atoms with van der Waals surface area (Å²) in [6.07, 6.45) is -3.01. The number of alkyl halides is 3. The van der Waals surface area contributed by atoms with Crippen LogP contribution in [0.3, 0.4) is 0 Å². The van der Waals surface area contributed by atoms with Gasteiger partial charge in [-0.05, 0) is 25.0 Å². The molecule has 1 atom stereocenters. The summed E-state index contributed by atoms with van der Waals surface area (Å²) in [5.74, 6) is -0.748. The molecule has 0 saturated carbocycles. The van der Waals surface area contributed by atoms with Crippen LogP contribution in [0.25, 0.3) is 0 Å². The van der Waals surface area contributed by atoms with Gasteiger partial charge in [-0.2, -0.15) is 18.4 Å². The largest absolute Gasteiger partial charge is 0.406 e. The van der Waals surface area contributed by atoms with E-state index in [-0.39, 0.29) is 18.5 Å². The fraction of sp³-hybridized carbons (Fsp3) is 0.462. The van der Waals surface area contributed by atoms with E-state index in [1.54, 1.807) is 13.0 Å². The molecule has 2 heterocycles. The molecule has 1 aromatic heterocycles. The second-order valence-electron chi connectivity index (χ2n) is 4.88. The lowest BCUT2D eigenvalue weighted by molar-refractivity contribution is -0.158. The maximum absolute atomic E-state index is 12.4. The Balaban J connectivity index is 2.32. The molecule has 1 aliphatic rings. The second kappa shape index (κ2) is 5.24. The summed E-state index contributed by atoms with van der Waals surface area (Å²) in [6, 6.07) is 2.27. The lowest BCUT2D eigenvalue weighted by atomic mass is 10.1. The van der Waals surface area contributed by atoms with E-state index in [1.165, 1.54) is 12.3 Å². The van der Waals surface area contributed by atoms with Crippen molar-refractivity contribution in [1.29, 1.82) is 5.26 Å². The monoisotopic (exact) mass is 299 g/mol. The molecule has 1 saturated heterocycles. The van der Waals surface area contributed by atoms with E-state index in [1.807, 2.05) is 0 Å². The summed E-state index contributed by atoms with van der Waals surface area (Å²) in [6.45, 7) is 0.190. The van der Waals surface area contributed by atoms with E-state index < -0.39 is 30.2 Å². The van der Waals surface area contributed by atoms with Gasteiger partial charge in [-0.25, -0.2) is 0 Å². The number of pyridine rings is 1. The number of nitrogens with zero attached hydrogens (tertiary/aromatic N) is 3. The van der Waals surface area contributed by atoms with Gasteiger partial charge in [0.15, 0.2) is 0 Å². The number of hydrogen-bond donors (Lipinski definition) is 0. The Bertz CT molecular complexity index is 673. The average molecular weight is 299 g/mol. The van der Waals surface area contributed by atoms with Crippen molar-refractivity contribution in [2.75, 3.05) is 13.1 Å². The van der Waals surface area contributed by atoms with Gasteiger partial charge in [0.05, 0.1) is 0 Å². The van der Waals surface area contributed by atoms with E-state index in [0.29, 0.717) is 10.5 Å². The Morgan fingerprint density at radius 3 is 2.67 bits per heavy atom. The summed E-state index contributed by atoms with van der Waals surface area (Å²) in [4.78, 5) is 24.8. The number of carbonyl (C=O) groups is 1. The van der Waals surface area contributed by atoms with Crippen LogP contribution in [0.5, 0.6) is 0 Å². The van der Waals surface area contributed by atoms with E-state index in [4.69, 9.17) is 5.26 Å². The Morgan fingerprint density at radius 1 is 1.43 bits per heavy atom. The topological polar surface area (TPSA) is 66.1 Å². The predicted octanol–water partition coefficient (Wildman–Crippen LogP) is 1.36. The molecule has 0 N–H and O–H groups in total. The van der Waals surface area contributed by atoms with Crippen molar-refractivity contribution in [1.82, 2.24) is 9.47 Å². The molecule has 112 valence electrons. The highest BCUT2D eigenvalue weighted by atomic mass is 19.4. The fourth-order valence-corrected chi connectivity index (χ4v) is 2.38. The molecule has 0 spiro atoms. The predicted molar refractivity (Wildman–Crippen MR) is 66.4 cm³/mol. The van der Waals surface area contributed by atoms with Gasteiger partial charge in [0, 0.05) is 12.7 Å². The van der Waals surface area contributed by atoms with Crippen LogP contribution in [-0.4, -0.2) is 34.6 Å².